The minimum atomic E-state index is -0.697. The number of aryl methyl sites for hydroxylation is 2. The van der Waals surface area contributed by atoms with Gasteiger partial charge in [0.05, 0.1) is 11.2 Å². The third kappa shape index (κ3) is 3.62. The minimum Gasteiger partial charge on any atom is -0.342 e. The van der Waals surface area contributed by atoms with E-state index in [1.807, 2.05) is 0 Å². The molecule has 1 N–H and O–H groups in total. The molecule has 2 aromatic carbocycles. The van der Waals surface area contributed by atoms with Crippen LogP contribution in [0.3, 0.4) is 0 Å². The Morgan fingerprint density at radius 2 is 1.78 bits per heavy atom. The largest absolute Gasteiger partial charge is 0.342 e. The molecule has 0 fully saturated rings. The second-order valence-corrected chi connectivity index (χ2v) is 7.93. The maximum absolute atomic E-state index is 13.4. The lowest BCUT2D eigenvalue weighted by atomic mass is 10.2. The van der Waals surface area contributed by atoms with E-state index in [1.165, 1.54) is 28.8 Å². The molecule has 0 aliphatic heterocycles. The van der Waals surface area contributed by atoms with Crippen LogP contribution in [0.25, 0.3) is 16.7 Å². The normalized spacial score (nSPS) is 11.2. The number of carbonyl (C=O) groups is 1. The number of hydrogen-bond acceptors (Lipinski definition) is 3. The van der Waals surface area contributed by atoms with Gasteiger partial charge in [-0.1, -0.05) is 17.7 Å². The molecule has 164 valence electrons. The summed E-state index contributed by atoms with van der Waals surface area (Å²) in [7, 11) is 1.71. The SMILES string of the molecule is Cc1c(Cl)cccc1NC(=O)Cn1c(=O)n(-c2ccc(F)cc2)c(=O)c2c1cc(C)n2C. The van der Waals surface area contributed by atoms with Crippen LogP contribution in [0.15, 0.2) is 58.1 Å². The fraction of sp³-hybridized carbons (Fsp3) is 0.174. The van der Waals surface area contributed by atoms with E-state index in [1.54, 1.807) is 49.7 Å². The van der Waals surface area contributed by atoms with Crippen molar-refractivity contribution < 1.29 is 9.18 Å². The van der Waals surface area contributed by atoms with E-state index in [2.05, 4.69) is 5.32 Å². The first kappa shape index (κ1) is 21.6. The van der Waals surface area contributed by atoms with Gasteiger partial charge in [0.2, 0.25) is 5.91 Å². The van der Waals surface area contributed by atoms with E-state index in [9.17, 15) is 18.8 Å². The van der Waals surface area contributed by atoms with Gasteiger partial charge in [0.25, 0.3) is 5.56 Å². The van der Waals surface area contributed by atoms with Crippen LogP contribution < -0.4 is 16.6 Å². The van der Waals surface area contributed by atoms with Crippen LogP contribution in [0.1, 0.15) is 11.3 Å². The van der Waals surface area contributed by atoms with Crippen molar-refractivity contribution in [3.8, 4) is 5.69 Å². The molecule has 0 aliphatic carbocycles. The Labute approximate surface area is 187 Å². The van der Waals surface area contributed by atoms with Crippen LogP contribution in [-0.2, 0) is 18.4 Å². The monoisotopic (exact) mass is 454 g/mol. The lowest BCUT2D eigenvalue weighted by Gasteiger charge is -2.14. The molecule has 0 spiro atoms. The first-order chi connectivity index (χ1) is 15.2. The molecule has 0 atom stereocenters. The summed E-state index contributed by atoms with van der Waals surface area (Å²) in [4.78, 5) is 39.4. The molecule has 0 saturated carbocycles. The average Bonchev–Trinajstić information content (AvgIpc) is 3.05. The van der Waals surface area contributed by atoms with Crippen molar-refractivity contribution in [3.05, 3.63) is 91.5 Å². The van der Waals surface area contributed by atoms with Gasteiger partial charge in [0.15, 0.2) is 0 Å². The van der Waals surface area contributed by atoms with Crippen LogP contribution in [0.2, 0.25) is 5.02 Å². The van der Waals surface area contributed by atoms with Crippen molar-refractivity contribution in [2.45, 2.75) is 20.4 Å². The Kier molecular flexibility index (Phi) is 5.48. The number of halogens is 2. The van der Waals surface area contributed by atoms with Crippen LogP contribution in [0.4, 0.5) is 10.1 Å². The van der Waals surface area contributed by atoms with Gasteiger partial charge in [-0.2, -0.15) is 0 Å². The fourth-order valence-electron chi connectivity index (χ4n) is 3.63. The van der Waals surface area contributed by atoms with E-state index < -0.39 is 23.0 Å². The quantitative estimate of drug-likeness (QED) is 0.512. The molecule has 0 radical (unpaired) electrons. The molecule has 9 heteroatoms. The van der Waals surface area contributed by atoms with Crippen LogP contribution >= 0.6 is 11.6 Å². The smallest absolute Gasteiger partial charge is 0.336 e. The summed E-state index contributed by atoms with van der Waals surface area (Å²) in [5.74, 6) is -0.946. The third-order valence-corrected chi connectivity index (χ3v) is 5.91. The van der Waals surface area contributed by atoms with Crippen molar-refractivity contribution in [1.29, 1.82) is 0 Å². The van der Waals surface area contributed by atoms with Gasteiger partial charge in [-0.15, -0.1) is 0 Å². The first-order valence-corrected chi connectivity index (χ1v) is 10.2. The number of nitrogens with zero attached hydrogens (tertiary/aromatic N) is 3. The summed E-state index contributed by atoms with van der Waals surface area (Å²) < 4.78 is 17.2. The molecule has 2 heterocycles. The number of hydrogen-bond donors (Lipinski definition) is 1. The molecule has 32 heavy (non-hydrogen) atoms. The lowest BCUT2D eigenvalue weighted by molar-refractivity contribution is -0.116. The predicted molar refractivity (Wildman–Crippen MR) is 122 cm³/mol. The van der Waals surface area contributed by atoms with Gasteiger partial charge in [0, 0.05) is 23.5 Å². The van der Waals surface area contributed by atoms with Gasteiger partial charge in [-0.25, -0.2) is 13.8 Å². The predicted octanol–water partition coefficient (Wildman–Crippen LogP) is 3.54. The first-order valence-electron chi connectivity index (χ1n) is 9.82. The Balaban J connectivity index is 1.87. The van der Waals surface area contributed by atoms with Crippen molar-refractivity contribution in [3.63, 3.8) is 0 Å². The fourth-order valence-corrected chi connectivity index (χ4v) is 3.81. The molecule has 0 bridgehead atoms. The zero-order chi connectivity index (χ0) is 23.2. The van der Waals surface area contributed by atoms with Gasteiger partial charge in [0.1, 0.15) is 17.9 Å². The maximum Gasteiger partial charge on any atom is 0.336 e. The Morgan fingerprint density at radius 3 is 2.47 bits per heavy atom. The Bertz CT molecular complexity index is 1480. The van der Waals surface area contributed by atoms with Crippen molar-refractivity contribution in [1.82, 2.24) is 13.7 Å². The number of amides is 1. The van der Waals surface area contributed by atoms with Crippen LogP contribution in [0.5, 0.6) is 0 Å². The zero-order valence-corrected chi connectivity index (χ0v) is 18.4. The molecular formula is C23H20ClFN4O3. The van der Waals surface area contributed by atoms with Gasteiger partial charge in [-0.3, -0.25) is 14.2 Å². The van der Waals surface area contributed by atoms with Crippen LogP contribution in [0, 0.1) is 19.7 Å². The molecule has 0 saturated heterocycles. The van der Waals surface area contributed by atoms with Crippen molar-refractivity contribution in [2.75, 3.05) is 5.32 Å². The number of fused-ring (bicyclic) bond motifs is 1. The van der Waals surface area contributed by atoms with Crippen LogP contribution in [-0.4, -0.2) is 19.6 Å². The molecule has 2 aromatic heterocycles. The summed E-state index contributed by atoms with van der Waals surface area (Å²) in [6.07, 6.45) is 0. The Hall–Kier alpha value is -3.65. The number of nitrogens with one attached hydrogen (secondary N) is 1. The van der Waals surface area contributed by atoms with Crippen molar-refractivity contribution >= 4 is 34.2 Å². The number of rotatable bonds is 4. The second-order valence-electron chi connectivity index (χ2n) is 7.52. The molecule has 1 amide bonds. The average molecular weight is 455 g/mol. The summed E-state index contributed by atoms with van der Waals surface area (Å²) in [5, 5.41) is 3.27. The highest BCUT2D eigenvalue weighted by Gasteiger charge is 2.20. The van der Waals surface area contributed by atoms with E-state index in [0.29, 0.717) is 21.8 Å². The molecular weight excluding hydrogens is 435 g/mol. The lowest BCUT2D eigenvalue weighted by Crippen LogP contribution is -2.41. The number of aromatic nitrogens is 3. The summed E-state index contributed by atoms with van der Waals surface area (Å²) in [6, 6.07) is 11.9. The zero-order valence-electron chi connectivity index (χ0n) is 17.6. The molecule has 0 aliphatic rings. The van der Waals surface area contributed by atoms with Gasteiger partial charge < -0.3 is 9.88 Å². The van der Waals surface area contributed by atoms with E-state index in [-0.39, 0.29) is 17.7 Å². The van der Waals surface area contributed by atoms with Gasteiger partial charge >= 0.3 is 5.69 Å². The van der Waals surface area contributed by atoms with E-state index in [4.69, 9.17) is 11.6 Å². The van der Waals surface area contributed by atoms with Gasteiger partial charge in [-0.05, 0) is 61.9 Å². The maximum atomic E-state index is 13.4. The van der Waals surface area contributed by atoms with E-state index >= 15 is 0 Å². The minimum absolute atomic E-state index is 0.210. The second kappa shape index (κ2) is 8.12. The summed E-state index contributed by atoms with van der Waals surface area (Å²) in [6.45, 7) is 3.25. The highest BCUT2D eigenvalue weighted by atomic mass is 35.5. The highest BCUT2D eigenvalue weighted by Crippen LogP contribution is 2.23. The summed E-state index contributed by atoms with van der Waals surface area (Å²) >= 11 is 6.12. The standard InChI is InChI=1S/C23H20ClFN4O3/c1-13-11-19-21(27(13)3)22(31)29(16-9-7-15(25)8-10-16)23(32)28(19)12-20(30)26-18-6-4-5-17(24)14(18)2/h4-11H,12H2,1-3H3,(H,26,30). The van der Waals surface area contributed by atoms with Crippen molar-refractivity contribution in [2.24, 2.45) is 7.05 Å². The molecule has 4 rings (SSSR count). The number of anilines is 1. The summed E-state index contributed by atoms with van der Waals surface area (Å²) in [5.41, 5.74) is 1.55. The molecule has 7 nitrogen and oxygen atoms in total. The molecule has 0 unspecified atom stereocenters. The van der Waals surface area contributed by atoms with E-state index in [0.717, 1.165) is 10.3 Å². The topological polar surface area (TPSA) is 78.0 Å². The number of carbonyl (C=O) groups excluding carboxylic acids is 1. The number of benzene rings is 2. The third-order valence-electron chi connectivity index (χ3n) is 5.50. The molecule has 4 aromatic rings. The Morgan fingerprint density at radius 1 is 1.09 bits per heavy atom. The highest BCUT2D eigenvalue weighted by molar-refractivity contribution is 6.31.